The molecule has 0 aromatic carbocycles. The van der Waals surface area contributed by atoms with Gasteiger partial charge in [-0.3, -0.25) is 4.79 Å². The normalized spacial score (nSPS) is 10.2. The zero-order valence-electron chi connectivity index (χ0n) is 11.0. The Balaban J connectivity index is 2.03. The lowest BCUT2D eigenvalue weighted by Gasteiger charge is -2.09. The largest absolute Gasteiger partial charge is 0.478 e. The molecule has 19 heavy (non-hydrogen) atoms. The van der Waals surface area contributed by atoms with Gasteiger partial charge in [0.15, 0.2) is 5.76 Å². The van der Waals surface area contributed by atoms with Crippen LogP contribution in [0.5, 0.6) is 5.88 Å². The van der Waals surface area contributed by atoms with E-state index in [-0.39, 0.29) is 5.91 Å². The van der Waals surface area contributed by atoms with Gasteiger partial charge in [-0.25, -0.2) is 4.98 Å². The Kier molecular flexibility index (Phi) is 4.18. The number of pyridine rings is 1. The topological polar surface area (TPSA) is 64.4 Å². The highest BCUT2D eigenvalue weighted by Gasteiger charge is 2.13. The molecule has 0 aliphatic heterocycles. The van der Waals surface area contributed by atoms with Crippen molar-refractivity contribution in [2.75, 3.05) is 6.61 Å². The summed E-state index contributed by atoms with van der Waals surface area (Å²) in [6.45, 7) is 4.61. The molecule has 5 heteroatoms. The number of ether oxygens (including phenoxy) is 1. The lowest BCUT2D eigenvalue weighted by atomic mass is 10.2. The molecule has 0 aliphatic carbocycles. The van der Waals surface area contributed by atoms with Gasteiger partial charge in [-0.1, -0.05) is 6.07 Å². The number of aromatic nitrogens is 1. The molecular formula is C14H16N2O3. The van der Waals surface area contributed by atoms with Crippen LogP contribution in [0, 0.1) is 6.92 Å². The van der Waals surface area contributed by atoms with E-state index >= 15 is 0 Å². The molecule has 2 heterocycles. The Morgan fingerprint density at radius 2 is 2.32 bits per heavy atom. The van der Waals surface area contributed by atoms with E-state index in [1.165, 1.54) is 6.26 Å². The highest BCUT2D eigenvalue weighted by molar-refractivity contribution is 5.92. The van der Waals surface area contributed by atoms with Crippen LogP contribution in [0.25, 0.3) is 0 Å². The zero-order valence-corrected chi connectivity index (χ0v) is 11.0. The number of nitrogens with zero attached hydrogens (tertiary/aromatic N) is 1. The van der Waals surface area contributed by atoms with E-state index in [1.807, 2.05) is 26.0 Å². The molecule has 0 spiro atoms. The van der Waals surface area contributed by atoms with Crippen LogP contribution >= 0.6 is 0 Å². The monoisotopic (exact) mass is 260 g/mol. The first-order valence-corrected chi connectivity index (χ1v) is 6.11. The average Bonchev–Trinajstić information content (AvgIpc) is 2.84. The maximum atomic E-state index is 11.9. The molecule has 2 aromatic rings. The van der Waals surface area contributed by atoms with Crippen LogP contribution in [0.15, 0.2) is 35.1 Å². The van der Waals surface area contributed by atoms with E-state index in [0.717, 1.165) is 11.1 Å². The molecule has 0 saturated carbocycles. The molecule has 0 saturated heterocycles. The molecule has 0 radical (unpaired) electrons. The second-order valence-electron chi connectivity index (χ2n) is 4.02. The van der Waals surface area contributed by atoms with E-state index in [2.05, 4.69) is 10.3 Å². The van der Waals surface area contributed by atoms with Crippen molar-refractivity contribution in [3.05, 3.63) is 47.5 Å². The molecule has 5 nitrogen and oxygen atoms in total. The van der Waals surface area contributed by atoms with Crippen LogP contribution in [0.2, 0.25) is 0 Å². The predicted octanol–water partition coefficient (Wildman–Crippen LogP) is 2.31. The van der Waals surface area contributed by atoms with Gasteiger partial charge < -0.3 is 14.5 Å². The molecular weight excluding hydrogens is 244 g/mol. The molecule has 0 bridgehead atoms. The fraction of sp³-hybridized carbons (Fsp3) is 0.286. The molecule has 100 valence electrons. The Bertz CT molecular complexity index is 563. The third kappa shape index (κ3) is 3.13. The van der Waals surface area contributed by atoms with Crippen molar-refractivity contribution in [3.8, 4) is 5.88 Å². The molecule has 2 aromatic heterocycles. The fourth-order valence-corrected chi connectivity index (χ4v) is 1.69. The smallest absolute Gasteiger partial charge is 0.287 e. The summed E-state index contributed by atoms with van der Waals surface area (Å²) in [5, 5.41) is 2.79. The molecule has 0 unspecified atom stereocenters. The third-order valence-corrected chi connectivity index (χ3v) is 2.64. The number of aryl methyl sites for hydroxylation is 1. The molecule has 0 fully saturated rings. The van der Waals surface area contributed by atoms with Crippen molar-refractivity contribution >= 4 is 5.91 Å². The number of nitrogens with one attached hydrogen (secondary N) is 1. The molecule has 1 amide bonds. The SMILES string of the molecule is CCOc1ncccc1CNC(=O)c1occc1C. The second-order valence-corrected chi connectivity index (χ2v) is 4.02. The minimum absolute atomic E-state index is 0.242. The minimum Gasteiger partial charge on any atom is -0.478 e. The summed E-state index contributed by atoms with van der Waals surface area (Å²) in [6, 6.07) is 5.43. The summed E-state index contributed by atoms with van der Waals surface area (Å²) in [4.78, 5) is 16.0. The quantitative estimate of drug-likeness (QED) is 0.896. The zero-order chi connectivity index (χ0) is 13.7. The van der Waals surface area contributed by atoms with Gasteiger partial charge in [0, 0.05) is 23.9 Å². The van der Waals surface area contributed by atoms with Gasteiger partial charge in [0.2, 0.25) is 5.88 Å². The maximum absolute atomic E-state index is 11.9. The number of hydrogen-bond acceptors (Lipinski definition) is 4. The fourth-order valence-electron chi connectivity index (χ4n) is 1.69. The van der Waals surface area contributed by atoms with Crippen LogP contribution in [0.3, 0.4) is 0 Å². The van der Waals surface area contributed by atoms with Gasteiger partial charge >= 0.3 is 0 Å². The van der Waals surface area contributed by atoms with Crippen LogP contribution in [-0.4, -0.2) is 17.5 Å². The number of carbonyl (C=O) groups is 1. The first-order valence-electron chi connectivity index (χ1n) is 6.11. The van der Waals surface area contributed by atoms with E-state index in [4.69, 9.17) is 9.15 Å². The van der Waals surface area contributed by atoms with Crippen molar-refractivity contribution in [1.29, 1.82) is 0 Å². The Hall–Kier alpha value is -2.30. The lowest BCUT2D eigenvalue weighted by molar-refractivity contribution is 0.0922. The summed E-state index contributed by atoms with van der Waals surface area (Å²) in [5.41, 5.74) is 1.65. The highest BCUT2D eigenvalue weighted by Crippen LogP contribution is 2.14. The van der Waals surface area contributed by atoms with Crippen molar-refractivity contribution in [1.82, 2.24) is 10.3 Å². The number of carbonyl (C=O) groups excluding carboxylic acids is 1. The van der Waals surface area contributed by atoms with Gasteiger partial charge in [0.25, 0.3) is 5.91 Å². The number of amides is 1. The van der Waals surface area contributed by atoms with Gasteiger partial charge in [-0.2, -0.15) is 0 Å². The summed E-state index contributed by atoms with van der Waals surface area (Å²) in [5.74, 6) is 0.636. The maximum Gasteiger partial charge on any atom is 0.287 e. The van der Waals surface area contributed by atoms with Crippen LogP contribution in [0.4, 0.5) is 0 Å². The highest BCUT2D eigenvalue weighted by atomic mass is 16.5. The first-order chi connectivity index (χ1) is 9.22. The number of hydrogen-bond donors (Lipinski definition) is 1. The lowest BCUT2D eigenvalue weighted by Crippen LogP contribution is -2.23. The van der Waals surface area contributed by atoms with E-state index in [0.29, 0.717) is 24.8 Å². The minimum atomic E-state index is -0.242. The van der Waals surface area contributed by atoms with Crippen LogP contribution < -0.4 is 10.1 Å². The third-order valence-electron chi connectivity index (χ3n) is 2.64. The first kappa shape index (κ1) is 13.1. The van der Waals surface area contributed by atoms with Gasteiger partial charge in [-0.05, 0) is 26.0 Å². The Labute approximate surface area is 111 Å². The second kappa shape index (κ2) is 6.04. The van der Waals surface area contributed by atoms with Crippen molar-refractivity contribution in [2.45, 2.75) is 20.4 Å². The summed E-state index contributed by atoms with van der Waals surface area (Å²) in [7, 11) is 0. The number of furan rings is 1. The standard InChI is InChI=1S/C14H16N2O3/c1-3-18-14-11(5-4-7-15-14)9-16-13(17)12-10(2)6-8-19-12/h4-8H,3,9H2,1-2H3,(H,16,17). The van der Waals surface area contributed by atoms with Crippen molar-refractivity contribution < 1.29 is 13.9 Å². The summed E-state index contributed by atoms with van der Waals surface area (Å²) < 4.78 is 10.5. The Morgan fingerprint density at radius 3 is 3.00 bits per heavy atom. The molecule has 0 aliphatic rings. The van der Waals surface area contributed by atoms with Gasteiger partial charge in [0.1, 0.15) is 0 Å². The predicted molar refractivity (Wildman–Crippen MR) is 70.0 cm³/mol. The van der Waals surface area contributed by atoms with E-state index in [9.17, 15) is 4.79 Å². The average molecular weight is 260 g/mol. The van der Waals surface area contributed by atoms with E-state index in [1.54, 1.807) is 12.3 Å². The van der Waals surface area contributed by atoms with Crippen LogP contribution in [0.1, 0.15) is 28.6 Å². The molecule has 1 N–H and O–H groups in total. The summed E-state index contributed by atoms with van der Waals surface area (Å²) in [6.07, 6.45) is 3.16. The van der Waals surface area contributed by atoms with Gasteiger partial charge in [0.05, 0.1) is 12.9 Å². The molecule has 2 rings (SSSR count). The Morgan fingerprint density at radius 1 is 1.47 bits per heavy atom. The van der Waals surface area contributed by atoms with E-state index < -0.39 is 0 Å². The summed E-state index contributed by atoms with van der Waals surface area (Å²) >= 11 is 0. The van der Waals surface area contributed by atoms with Crippen LogP contribution in [-0.2, 0) is 6.54 Å². The van der Waals surface area contributed by atoms with Gasteiger partial charge in [-0.15, -0.1) is 0 Å². The van der Waals surface area contributed by atoms with Crippen molar-refractivity contribution in [2.24, 2.45) is 0 Å². The molecule has 0 atom stereocenters. The number of rotatable bonds is 5. The van der Waals surface area contributed by atoms with Crippen molar-refractivity contribution in [3.63, 3.8) is 0 Å².